The first-order valence-corrected chi connectivity index (χ1v) is 38.1. The minimum absolute atomic E-state index is 0.0430. The molecule has 25 nitrogen and oxygen atoms in total. The van der Waals surface area contributed by atoms with Crippen LogP contribution in [0.3, 0.4) is 0 Å². The van der Waals surface area contributed by atoms with Crippen LogP contribution >= 0.6 is 0 Å². The number of hydrogen-bond donors (Lipinski definition) is 10. The molecule has 0 saturated heterocycles. The van der Waals surface area contributed by atoms with Crippen LogP contribution in [0.2, 0.25) is 0 Å². The lowest BCUT2D eigenvalue weighted by molar-refractivity contribution is -0.149. The van der Waals surface area contributed by atoms with Gasteiger partial charge in [0.25, 0.3) is 10.0 Å². The summed E-state index contributed by atoms with van der Waals surface area (Å²) in [6.45, 7) is 23.3. The maximum Gasteiger partial charge on any atom is 0.407 e. The number of hydrogen-bond acceptors (Lipinski definition) is 16. The molecule has 6 aromatic rings. The van der Waals surface area contributed by atoms with Crippen molar-refractivity contribution in [3.8, 4) is 16.9 Å². The van der Waals surface area contributed by atoms with E-state index < -0.39 is 141 Å². The molecule has 10 N–H and O–H groups in total. The summed E-state index contributed by atoms with van der Waals surface area (Å²) in [7, 11) is -3.18. The summed E-state index contributed by atoms with van der Waals surface area (Å²) in [5, 5.41) is 30.8. The largest absolute Gasteiger partial charge is 0.487 e. The highest BCUT2D eigenvalue weighted by Crippen LogP contribution is 2.45. The molecule has 7 atom stereocenters. The van der Waals surface area contributed by atoms with Crippen molar-refractivity contribution in [2.75, 3.05) is 33.4 Å². The predicted octanol–water partition coefficient (Wildman–Crippen LogP) is 9.00. The Bertz CT molecular complexity index is 4190. The van der Waals surface area contributed by atoms with Crippen molar-refractivity contribution in [1.29, 1.82) is 5.41 Å². The molecule has 0 saturated carbocycles. The van der Waals surface area contributed by atoms with Gasteiger partial charge in [0.2, 0.25) is 41.4 Å². The topological polar surface area (TPSA) is 349 Å². The van der Waals surface area contributed by atoms with Gasteiger partial charge in [-0.15, -0.1) is 0 Å². The summed E-state index contributed by atoms with van der Waals surface area (Å²) in [4.78, 5) is 116. The Morgan fingerprint density at radius 2 is 1.16 bits per heavy atom. The highest BCUT2D eigenvalue weighted by Gasteiger charge is 2.42. The average Bonchev–Trinajstić information content (AvgIpc) is 1.06. The smallest absolute Gasteiger partial charge is 0.407 e. The average molecular weight is 1500 g/mol. The fourth-order valence-electron chi connectivity index (χ4n) is 13.6. The van der Waals surface area contributed by atoms with E-state index in [2.05, 4.69) is 47.3 Å². The summed E-state index contributed by atoms with van der Waals surface area (Å²) in [6, 6.07) is 35.7. The Labute approximate surface area is 634 Å². The number of alkyl carbamates (subject to hydrolysis) is 1. The third-order valence-electron chi connectivity index (χ3n) is 19.4. The number of benzene rings is 6. The van der Waals surface area contributed by atoms with Crippen LogP contribution in [-0.2, 0) is 74.5 Å². The molecule has 1 aliphatic carbocycles. The number of amides is 7. The highest BCUT2D eigenvalue weighted by atomic mass is 32.2. The summed E-state index contributed by atoms with van der Waals surface area (Å²) >= 11 is 0. The van der Waals surface area contributed by atoms with E-state index in [-0.39, 0.29) is 43.4 Å². The molecule has 7 amide bonds. The Hall–Kier alpha value is -10.2. The Kier molecular flexibility index (Phi) is 27.9. The van der Waals surface area contributed by atoms with Gasteiger partial charge >= 0.3 is 12.1 Å². The third kappa shape index (κ3) is 21.4. The van der Waals surface area contributed by atoms with Crippen LogP contribution in [0.25, 0.3) is 11.1 Å². The van der Waals surface area contributed by atoms with Crippen molar-refractivity contribution < 1.29 is 70.5 Å². The number of methoxy groups -OCH3 is 1. The summed E-state index contributed by atoms with van der Waals surface area (Å²) in [5.74, 6) is -6.98. The molecule has 1 aliphatic heterocycles. The van der Waals surface area contributed by atoms with E-state index in [9.17, 15) is 46.8 Å². The zero-order valence-corrected chi connectivity index (χ0v) is 65.3. The quantitative estimate of drug-likeness (QED) is 0.00619. The first-order chi connectivity index (χ1) is 51.0. The molecule has 0 unspecified atom stereocenters. The lowest BCUT2D eigenvalue weighted by atomic mass is 9.77. The second-order valence-corrected chi connectivity index (χ2v) is 31.8. The van der Waals surface area contributed by atoms with Gasteiger partial charge in [0.05, 0.1) is 48.9 Å². The molecule has 0 bridgehead atoms. The van der Waals surface area contributed by atoms with E-state index in [0.29, 0.717) is 58.4 Å². The first-order valence-electron chi connectivity index (χ1n) is 36.6. The fourth-order valence-corrected chi connectivity index (χ4v) is 15.2. The number of carbonyl (C=O) groups excluding carboxylic acids is 8. The van der Waals surface area contributed by atoms with Gasteiger partial charge < -0.3 is 66.2 Å². The zero-order chi connectivity index (χ0) is 79.1. The number of fused-ring (bicyclic) bond motifs is 4. The second-order valence-electron chi connectivity index (χ2n) is 30.2. The Morgan fingerprint density at radius 1 is 0.620 bits per heavy atom. The molecule has 0 radical (unpaired) electrons. The molecular formula is C82H106N10O15S. The molecule has 6 aromatic carbocycles. The van der Waals surface area contributed by atoms with Crippen LogP contribution in [0.15, 0.2) is 144 Å². The Balaban J connectivity index is 1.01. The van der Waals surface area contributed by atoms with Gasteiger partial charge in [-0.2, -0.15) is 0 Å². The van der Waals surface area contributed by atoms with Gasteiger partial charge in [0, 0.05) is 12.5 Å². The second kappa shape index (κ2) is 36.1. The summed E-state index contributed by atoms with van der Waals surface area (Å²) in [5.41, 5.74) is 4.88. The predicted molar refractivity (Wildman–Crippen MR) is 411 cm³/mol. The van der Waals surface area contributed by atoms with Gasteiger partial charge in [-0.3, -0.25) is 34.2 Å². The van der Waals surface area contributed by atoms with Gasteiger partial charge in [-0.1, -0.05) is 160 Å². The molecule has 0 spiro atoms. The van der Waals surface area contributed by atoms with Crippen LogP contribution in [-0.4, -0.2) is 148 Å². The molecule has 26 heteroatoms. The SMILES string of the molecule is CC[C@H](C)[C@H](NC(=O)[C@H](CCCNC(=N)NS(=O)(=O)c1c(C)c(C)c2c(c1C)CCC(C)(C)O2)NC(=O)OCC1c2ccccc2-c2ccccc21)C(=O)N[C@H](C(=O)NCC(=O)N[C@@H](CC(=O)NC(c1ccccc1)(c1ccccc1)c1ccccc1)C(=O)N[C@@H](COC(C)(C)C)C(=O)OC)[C@@H](C)OC(C)(C)C. The van der Waals surface area contributed by atoms with Crippen LogP contribution in [0.1, 0.15) is 164 Å². The maximum atomic E-state index is 15.0. The van der Waals surface area contributed by atoms with Crippen LogP contribution in [0.5, 0.6) is 5.75 Å². The molecule has 0 aromatic heterocycles. The minimum atomic E-state index is -4.32. The maximum absolute atomic E-state index is 15.0. The van der Waals surface area contributed by atoms with E-state index in [1.807, 2.05) is 160 Å². The normalized spacial score (nSPS) is 15.2. The summed E-state index contributed by atoms with van der Waals surface area (Å²) in [6.07, 6.45) is -1.25. The number of esters is 1. The van der Waals surface area contributed by atoms with Crippen molar-refractivity contribution in [2.24, 2.45) is 5.92 Å². The number of carbonyl (C=O) groups is 8. The minimum Gasteiger partial charge on any atom is -0.487 e. The molecular weight excluding hydrogens is 1400 g/mol. The van der Waals surface area contributed by atoms with Gasteiger partial charge in [0.15, 0.2) is 6.04 Å². The van der Waals surface area contributed by atoms with Gasteiger partial charge in [-0.25, -0.2) is 22.7 Å². The molecule has 108 heavy (non-hydrogen) atoms. The van der Waals surface area contributed by atoms with Crippen LogP contribution in [0, 0.1) is 32.1 Å². The lowest BCUT2D eigenvalue weighted by Crippen LogP contribution is -2.61. The molecule has 1 heterocycles. The van der Waals surface area contributed by atoms with Crippen molar-refractivity contribution in [3.63, 3.8) is 0 Å². The van der Waals surface area contributed by atoms with Gasteiger partial charge in [0.1, 0.15) is 47.7 Å². The van der Waals surface area contributed by atoms with E-state index in [4.69, 9.17) is 29.1 Å². The van der Waals surface area contributed by atoms with Crippen molar-refractivity contribution in [3.05, 3.63) is 190 Å². The third-order valence-corrected chi connectivity index (χ3v) is 21.0. The zero-order valence-electron chi connectivity index (χ0n) is 64.5. The molecule has 0 fully saturated rings. The van der Waals surface area contributed by atoms with E-state index in [0.717, 1.165) is 34.9 Å². The fraction of sp³-hybridized carbons (Fsp3) is 0.451. The van der Waals surface area contributed by atoms with E-state index >= 15 is 0 Å². The van der Waals surface area contributed by atoms with Crippen molar-refractivity contribution >= 4 is 63.5 Å². The van der Waals surface area contributed by atoms with E-state index in [1.165, 1.54) is 6.92 Å². The Morgan fingerprint density at radius 3 is 1.69 bits per heavy atom. The van der Waals surface area contributed by atoms with Crippen molar-refractivity contribution in [1.82, 2.24) is 47.3 Å². The number of ether oxygens (including phenoxy) is 5. The molecule has 8 rings (SSSR count). The number of guanidine groups is 1. The number of rotatable bonds is 32. The summed E-state index contributed by atoms with van der Waals surface area (Å²) < 4.78 is 60.0. The highest BCUT2D eigenvalue weighted by molar-refractivity contribution is 7.90. The van der Waals surface area contributed by atoms with Crippen LogP contribution < -0.4 is 52.0 Å². The first kappa shape index (κ1) is 83.5. The van der Waals surface area contributed by atoms with Gasteiger partial charge in [-0.05, 0) is 176 Å². The molecule has 580 valence electrons. The van der Waals surface area contributed by atoms with Crippen LogP contribution in [0.4, 0.5) is 4.79 Å². The monoisotopic (exact) mass is 1500 g/mol. The standard InChI is InChI=1S/C82H106N10O15S/c1-16-49(2)68(89-72(95)63(88-78(100)104-47-62-60-39-28-26-37-58(60)59-38-27-29-40-61(59)62)41-30-44-84-77(83)92-108(101,102)71-51(4)50(3)70-57(52(71)5)42-43-81(13,14)107-70)75(98)90-69(53(6)106-80(10,11)12)74(97)85-46-67(94)86-64(73(96)87-65(76(99)103-15)48-105-79(7,8)9)45-66(93)91-82(54-31-20-17-21-32-54,55-33-22-18-23-34-55)56-35-24-19-25-36-56/h17-29,31-40,49,53,62-65,68-69H,16,30,41-48H2,1-15H3,(H,85,97)(H,86,94)(H,87,96)(H,88,100)(H,89,95)(H,90,98)(H,91,93)(H3,83,84,92)/t49-,53+,63-,64-,65-,68-,69-/m0/s1. The number of nitrogens with one attached hydrogen (secondary N) is 10. The number of sulfonamides is 1. The lowest BCUT2D eigenvalue weighted by Gasteiger charge is -2.37. The van der Waals surface area contributed by atoms with Crippen molar-refractivity contribution in [2.45, 2.75) is 205 Å². The molecule has 2 aliphatic rings. The van der Waals surface area contributed by atoms with E-state index in [1.54, 1.807) is 69.2 Å².